The third-order valence-electron chi connectivity index (χ3n) is 28.0. The van der Waals surface area contributed by atoms with Crippen LogP contribution >= 0.6 is 0 Å². The van der Waals surface area contributed by atoms with Crippen molar-refractivity contribution in [3.8, 4) is 174 Å². The van der Waals surface area contributed by atoms with Crippen molar-refractivity contribution >= 4 is 97.7 Å². The van der Waals surface area contributed by atoms with Crippen molar-refractivity contribution in [2.24, 2.45) is 0 Å². The second kappa shape index (κ2) is 38.8. The number of aromatic nitrogens is 10. The van der Waals surface area contributed by atoms with Crippen LogP contribution < -0.4 is 0 Å². The number of fused-ring (bicyclic) bond motifs is 11. The molecule has 0 saturated carbocycles. The van der Waals surface area contributed by atoms with Gasteiger partial charge in [0.2, 0.25) is 0 Å². The number of hydrogen-bond donors (Lipinski definition) is 1. The zero-order chi connectivity index (χ0) is 98.2. The van der Waals surface area contributed by atoms with Gasteiger partial charge >= 0.3 is 0 Å². The van der Waals surface area contributed by atoms with Crippen molar-refractivity contribution in [3.05, 3.63) is 540 Å². The van der Waals surface area contributed by atoms with Crippen LogP contribution in [0, 0.1) is 0 Å². The van der Waals surface area contributed by atoms with Crippen molar-refractivity contribution in [2.75, 3.05) is 0 Å². The molecule has 0 spiro atoms. The average molecular weight is 1890 g/mol. The molecule has 692 valence electrons. The maximum Gasteiger partial charge on any atom is 0.160 e. The molecule has 6 aromatic heterocycles. The average Bonchev–Trinajstić information content (AvgIpc) is 1.25. The van der Waals surface area contributed by atoms with Gasteiger partial charge in [0, 0.05) is 99.6 Å². The molecule has 0 radical (unpaired) electrons. The molecule has 28 aromatic rings. The molecule has 0 amide bonds. The van der Waals surface area contributed by atoms with E-state index in [1.807, 2.05) is 103 Å². The normalized spacial score (nSPS) is 11.4. The summed E-state index contributed by atoms with van der Waals surface area (Å²) in [7, 11) is 0. The predicted octanol–water partition coefficient (Wildman–Crippen LogP) is 35.7. The number of imidazole rings is 2. The number of H-pyrrole nitrogens is 1. The van der Waals surface area contributed by atoms with Gasteiger partial charge in [0.15, 0.2) is 11.6 Å². The van der Waals surface area contributed by atoms with Crippen LogP contribution in [0.5, 0.6) is 0 Å². The van der Waals surface area contributed by atoms with E-state index in [0.717, 1.165) is 157 Å². The molecule has 10 nitrogen and oxygen atoms in total. The van der Waals surface area contributed by atoms with Crippen LogP contribution in [0.25, 0.3) is 272 Å². The summed E-state index contributed by atoms with van der Waals surface area (Å²) in [6.45, 7) is 0. The van der Waals surface area contributed by atoms with Gasteiger partial charge in [-0.1, -0.05) is 461 Å². The van der Waals surface area contributed by atoms with E-state index in [9.17, 15) is 0 Å². The van der Waals surface area contributed by atoms with Crippen molar-refractivity contribution in [2.45, 2.75) is 0 Å². The maximum absolute atomic E-state index is 5.35. The summed E-state index contributed by atoms with van der Waals surface area (Å²) in [5, 5.41) is 14.4. The molecule has 0 aliphatic carbocycles. The Kier molecular flexibility index (Phi) is 23.1. The summed E-state index contributed by atoms with van der Waals surface area (Å²) >= 11 is 0. The van der Waals surface area contributed by atoms with Gasteiger partial charge in [-0.25, -0.2) is 39.9 Å². The number of nitrogens with zero attached hydrogens (tertiary/aromatic N) is 9. The molecule has 28 rings (SSSR count). The summed E-state index contributed by atoms with van der Waals surface area (Å²) in [5.74, 6) is 3.12. The summed E-state index contributed by atoms with van der Waals surface area (Å²) < 4.78 is 2.24. The van der Waals surface area contributed by atoms with Crippen LogP contribution in [0.2, 0.25) is 0 Å². The molecule has 0 fully saturated rings. The van der Waals surface area contributed by atoms with Crippen LogP contribution in [-0.2, 0) is 0 Å². The van der Waals surface area contributed by atoms with Gasteiger partial charge < -0.3 is 4.98 Å². The van der Waals surface area contributed by atoms with E-state index in [2.05, 4.69) is 446 Å². The zero-order valence-corrected chi connectivity index (χ0v) is 80.4. The maximum atomic E-state index is 5.35. The zero-order valence-electron chi connectivity index (χ0n) is 80.4. The molecule has 0 unspecified atom stereocenters. The predicted molar refractivity (Wildman–Crippen MR) is 614 cm³/mol. The van der Waals surface area contributed by atoms with Crippen molar-refractivity contribution in [3.63, 3.8) is 0 Å². The first-order valence-corrected chi connectivity index (χ1v) is 50.0. The number of para-hydroxylation sites is 3. The van der Waals surface area contributed by atoms with Gasteiger partial charge in [0.1, 0.15) is 11.6 Å². The minimum absolute atomic E-state index is 0.653. The van der Waals surface area contributed by atoms with E-state index >= 15 is 0 Å². The lowest BCUT2D eigenvalue weighted by Gasteiger charge is -2.15. The summed E-state index contributed by atoms with van der Waals surface area (Å²) in [6.07, 6.45) is 0. The minimum Gasteiger partial charge on any atom is -0.337 e. The quantitative estimate of drug-likeness (QED) is 0.0749. The van der Waals surface area contributed by atoms with Gasteiger partial charge in [-0.3, -0.25) is 4.57 Å². The fraction of sp³-hybridized carbons (Fsp3) is 0. The first-order valence-electron chi connectivity index (χ1n) is 50.0. The van der Waals surface area contributed by atoms with Crippen LogP contribution in [0.3, 0.4) is 0 Å². The second-order valence-electron chi connectivity index (χ2n) is 37.2. The molecule has 1 N–H and O–H groups in total. The lowest BCUT2D eigenvalue weighted by atomic mass is 9.89. The number of aromatic amines is 1. The lowest BCUT2D eigenvalue weighted by Crippen LogP contribution is -1.98. The van der Waals surface area contributed by atoms with E-state index in [0.29, 0.717) is 11.6 Å². The number of nitrogens with one attached hydrogen (secondary N) is 1. The number of pyridine rings is 2. The standard InChI is InChI=1S/C55H37N5.C46H29N3.C37H24N2/c1-7-19-38(20-8-1)48-34-45(35-49(56-48)39-21-9-2-10-22-39)44-31-46(52-36-50(40-23-11-3-12-24-40)57-54(59-52)42-27-15-5-16-28-42)33-47(32-44)53-37-51(41-25-13-4-14-26-41)58-55(60-53)43-29-17-6-18-30-43;1-2-12-36(13-3-1)49-42-17-9-8-16-41(42)47-46(49)35-24-20-31(21-25-35)30-18-22-34(23-19-30)43-39-28-26-32-10-4-6-14-37(32)44(39)48-45-38-15-7-5-11-33(38)27-29-40(43)45;1-2-12-26(13-3-1)37-38-35-33(29-20-18-24-10-4-6-14-27(24)22-29)31-16-8-9-17-32(31)34(36(35)39-37)30-21-19-25-11-5-7-15-28(25)23-30/h1-37H;1-29H;1-23H,(H,38,39). The van der Waals surface area contributed by atoms with Crippen LogP contribution in [0.4, 0.5) is 0 Å². The minimum atomic E-state index is 0.653. The highest BCUT2D eigenvalue weighted by Gasteiger charge is 2.26. The van der Waals surface area contributed by atoms with Crippen LogP contribution in [0.15, 0.2) is 540 Å². The van der Waals surface area contributed by atoms with Crippen molar-refractivity contribution in [1.82, 2.24) is 49.4 Å². The molecular formula is C138H90N10. The van der Waals surface area contributed by atoms with Crippen LogP contribution in [0.1, 0.15) is 0 Å². The third-order valence-corrected chi connectivity index (χ3v) is 28.0. The lowest BCUT2D eigenvalue weighted by molar-refractivity contribution is 1.10. The second-order valence-corrected chi connectivity index (χ2v) is 37.2. The summed E-state index contributed by atoms with van der Waals surface area (Å²) in [5.41, 5.74) is 33.8. The molecular weight excluding hydrogens is 1800 g/mol. The molecule has 0 aliphatic heterocycles. The Morgan fingerprint density at radius 2 is 0.500 bits per heavy atom. The van der Waals surface area contributed by atoms with Crippen molar-refractivity contribution in [1.29, 1.82) is 0 Å². The summed E-state index contributed by atoms with van der Waals surface area (Å²) in [4.78, 5) is 45.4. The first kappa shape index (κ1) is 88.2. The SMILES string of the molecule is c1ccc(-c2cc(-c3cc(-c4cc(-c5ccccc5)nc(-c5ccccc5)n4)cc(-c4cc(-c5ccccc5)nc(-c5ccccc5)n4)c3)cc(-c3ccccc3)n2)cc1.c1ccc(-c2nc3c(-c4ccc5ccccc5c4)c4ccccc4c(-c4ccc5ccccc5c4)c3[nH]2)cc1.c1ccc(-n2c(-c3ccc(-c4ccc(-c5c6ccc7ccccc7c6nc6c5ccc5ccccc56)cc4)cc3)nc3ccccc32)cc1. The number of rotatable bonds is 16. The van der Waals surface area contributed by atoms with Gasteiger partial charge in [-0.15, -0.1) is 0 Å². The molecule has 22 aromatic carbocycles. The van der Waals surface area contributed by atoms with E-state index in [4.69, 9.17) is 39.9 Å². The Balaban J connectivity index is 0.000000115. The van der Waals surface area contributed by atoms with E-state index in [1.54, 1.807) is 0 Å². The van der Waals surface area contributed by atoms with E-state index in [-0.39, 0.29) is 0 Å². The highest BCUT2D eigenvalue weighted by molar-refractivity contribution is 6.23. The molecule has 0 aliphatic rings. The molecule has 10 heteroatoms. The molecule has 0 atom stereocenters. The highest BCUT2D eigenvalue weighted by atomic mass is 15.1. The molecule has 6 heterocycles. The largest absolute Gasteiger partial charge is 0.337 e. The topological polar surface area (TPSA) is 124 Å². The van der Waals surface area contributed by atoms with Crippen molar-refractivity contribution < 1.29 is 0 Å². The van der Waals surface area contributed by atoms with Gasteiger partial charge in [-0.05, 0) is 161 Å². The molecule has 0 saturated heterocycles. The Morgan fingerprint density at radius 3 is 0.973 bits per heavy atom. The van der Waals surface area contributed by atoms with E-state index in [1.165, 1.54) is 104 Å². The summed E-state index contributed by atoms with van der Waals surface area (Å²) in [6, 6.07) is 189. The smallest absolute Gasteiger partial charge is 0.160 e. The third kappa shape index (κ3) is 17.3. The number of hydrogen-bond acceptors (Lipinski definition) is 8. The molecule has 0 bridgehead atoms. The van der Waals surface area contributed by atoms with Crippen LogP contribution in [-0.4, -0.2) is 49.4 Å². The monoisotopic (exact) mass is 1890 g/mol. The Hall–Kier alpha value is -19.9. The highest BCUT2D eigenvalue weighted by Crippen LogP contribution is 2.48. The van der Waals surface area contributed by atoms with E-state index < -0.39 is 0 Å². The Labute approximate surface area is 855 Å². The Bertz CT molecular complexity index is 9110. The van der Waals surface area contributed by atoms with Gasteiger partial charge in [0.25, 0.3) is 0 Å². The fourth-order valence-electron chi connectivity index (χ4n) is 20.8. The first-order chi connectivity index (χ1) is 73.3. The van der Waals surface area contributed by atoms with Gasteiger partial charge in [0.05, 0.1) is 67.3 Å². The fourth-order valence-corrected chi connectivity index (χ4v) is 20.8. The Morgan fingerprint density at radius 1 is 0.162 bits per heavy atom. The van der Waals surface area contributed by atoms with Gasteiger partial charge in [-0.2, -0.15) is 0 Å². The number of benzene rings is 22. The molecule has 148 heavy (non-hydrogen) atoms.